The molecule has 1 aromatic heterocycles. The van der Waals surface area contributed by atoms with E-state index < -0.39 is 5.97 Å². The molecule has 1 aliphatic carbocycles. The lowest BCUT2D eigenvalue weighted by Gasteiger charge is -2.38. The molecule has 1 aromatic rings. The number of likely N-dealkylation sites (tertiary alicyclic amines) is 1. The summed E-state index contributed by atoms with van der Waals surface area (Å²) in [6.07, 6.45) is 10.1. The molecule has 1 saturated heterocycles. The third kappa shape index (κ3) is 4.77. The number of amides is 2. The van der Waals surface area contributed by atoms with E-state index in [0.29, 0.717) is 31.6 Å². The molecule has 0 spiro atoms. The van der Waals surface area contributed by atoms with E-state index >= 15 is 0 Å². The van der Waals surface area contributed by atoms with E-state index in [9.17, 15) is 19.5 Å². The van der Waals surface area contributed by atoms with Crippen LogP contribution in [-0.2, 0) is 9.59 Å². The number of carbonyl (C=O) groups is 3. The van der Waals surface area contributed by atoms with Gasteiger partial charge in [0.05, 0.1) is 5.69 Å². The second-order valence-corrected chi connectivity index (χ2v) is 9.25. The molecule has 0 saturated carbocycles. The first kappa shape index (κ1) is 22.5. The molecular formula is C23H32N2O4S. The smallest absolute Gasteiger partial charge is 0.348 e. The van der Waals surface area contributed by atoms with Crippen LogP contribution in [0.2, 0.25) is 0 Å². The number of carboxylic acid groups (broad SMARTS) is 1. The van der Waals surface area contributed by atoms with E-state index in [1.165, 1.54) is 23.3 Å². The van der Waals surface area contributed by atoms with Crippen molar-refractivity contribution in [2.75, 3.05) is 18.0 Å². The topological polar surface area (TPSA) is 77.9 Å². The molecule has 7 heteroatoms. The van der Waals surface area contributed by atoms with Crippen LogP contribution in [0, 0.1) is 5.92 Å². The summed E-state index contributed by atoms with van der Waals surface area (Å²) in [4.78, 5) is 41.5. The summed E-state index contributed by atoms with van der Waals surface area (Å²) in [7, 11) is 0. The molecule has 2 amide bonds. The molecule has 2 aliphatic rings. The van der Waals surface area contributed by atoms with Crippen LogP contribution in [0.4, 0.5) is 5.69 Å². The number of carbonyl (C=O) groups excluding carboxylic acids is 2. The van der Waals surface area contributed by atoms with Crippen LogP contribution in [0.15, 0.2) is 12.1 Å². The molecule has 2 heterocycles. The lowest BCUT2D eigenvalue weighted by Crippen LogP contribution is -2.49. The Morgan fingerprint density at radius 1 is 1.27 bits per heavy atom. The number of nitrogens with zero attached hydrogens (tertiary/aromatic N) is 2. The number of aromatic carboxylic acids is 1. The van der Waals surface area contributed by atoms with Crippen LogP contribution in [0.3, 0.4) is 0 Å². The predicted octanol–water partition coefficient (Wildman–Crippen LogP) is 4.79. The number of hydrogen-bond acceptors (Lipinski definition) is 4. The van der Waals surface area contributed by atoms with Crippen molar-refractivity contribution in [2.45, 2.75) is 71.3 Å². The zero-order valence-corrected chi connectivity index (χ0v) is 18.7. The van der Waals surface area contributed by atoms with Gasteiger partial charge in [-0.3, -0.25) is 9.59 Å². The van der Waals surface area contributed by atoms with Gasteiger partial charge in [-0.25, -0.2) is 4.79 Å². The maximum absolute atomic E-state index is 13.6. The summed E-state index contributed by atoms with van der Waals surface area (Å²) >= 11 is 1.29. The Balaban J connectivity index is 2.02. The highest BCUT2D eigenvalue weighted by molar-refractivity contribution is 7.15. The maximum atomic E-state index is 13.6. The molecule has 164 valence electrons. The second-order valence-electron chi connectivity index (χ2n) is 8.20. The van der Waals surface area contributed by atoms with E-state index in [1.54, 1.807) is 9.80 Å². The van der Waals surface area contributed by atoms with E-state index in [0.717, 1.165) is 43.4 Å². The minimum Gasteiger partial charge on any atom is -0.477 e. The number of hydrogen-bond donors (Lipinski definition) is 1. The van der Waals surface area contributed by atoms with Crippen molar-refractivity contribution in [1.82, 2.24) is 4.90 Å². The second kappa shape index (κ2) is 10.2. The van der Waals surface area contributed by atoms with Crippen LogP contribution >= 0.6 is 11.3 Å². The van der Waals surface area contributed by atoms with Crippen molar-refractivity contribution in [3.63, 3.8) is 0 Å². The van der Waals surface area contributed by atoms with Gasteiger partial charge in [0, 0.05) is 29.9 Å². The monoisotopic (exact) mass is 432 g/mol. The average Bonchev–Trinajstić information content (AvgIpc) is 3.21. The zero-order chi connectivity index (χ0) is 21.7. The van der Waals surface area contributed by atoms with Gasteiger partial charge >= 0.3 is 5.97 Å². The first-order valence-electron chi connectivity index (χ1n) is 11.1. The Kier molecular flexibility index (Phi) is 7.69. The van der Waals surface area contributed by atoms with Crippen LogP contribution in [-0.4, -0.2) is 47.4 Å². The summed E-state index contributed by atoms with van der Waals surface area (Å²) in [6, 6.07) is 1.84. The molecule has 1 fully saturated rings. The van der Waals surface area contributed by atoms with Crippen molar-refractivity contribution in [2.24, 2.45) is 5.92 Å². The van der Waals surface area contributed by atoms with Crippen LogP contribution in [0.5, 0.6) is 0 Å². The summed E-state index contributed by atoms with van der Waals surface area (Å²) in [6.45, 7) is 5.18. The Morgan fingerprint density at radius 2 is 1.97 bits per heavy atom. The number of rotatable bonds is 8. The Bertz CT molecular complexity index is 804. The quantitative estimate of drug-likeness (QED) is 0.599. The molecule has 1 aliphatic heterocycles. The summed E-state index contributed by atoms with van der Waals surface area (Å²) < 4.78 is 0. The highest BCUT2D eigenvalue weighted by Gasteiger charge is 2.35. The summed E-state index contributed by atoms with van der Waals surface area (Å²) in [5.74, 6) is -1.10. The first-order chi connectivity index (χ1) is 14.5. The number of thiophene rings is 1. The van der Waals surface area contributed by atoms with Crippen molar-refractivity contribution < 1.29 is 19.5 Å². The number of carboxylic acids is 1. The Morgan fingerprint density at radius 3 is 2.50 bits per heavy atom. The molecule has 30 heavy (non-hydrogen) atoms. The molecule has 0 unspecified atom stereocenters. The highest BCUT2D eigenvalue weighted by atomic mass is 32.1. The standard InChI is InChI=1S/C23H32N2O4S/c1-3-16(4-2)22(27)25(18-10-12-24(15-26)13-11-18)19-14-20(30-21(19)23(28)29)17-8-6-5-7-9-17/h8,14-16,18H,3-7,9-13H2,1-2H3,(H,28,29). The third-order valence-electron chi connectivity index (χ3n) is 6.36. The van der Waals surface area contributed by atoms with Gasteiger partial charge < -0.3 is 14.9 Å². The van der Waals surface area contributed by atoms with Crippen molar-refractivity contribution >= 4 is 40.9 Å². The van der Waals surface area contributed by atoms with Gasteiger partial charge in [-0.05, 0) is 63.0 Å². The van der Waals surface area contributed by atoms with Gasteiger partial charge in [-0.2, -0.15) is 0 Å². The molecular weight excluding hydrogens is 400 g/mol. The lowest BCUT2D eigenvalue weighted by atomic mass is 9.96. The SMILES string of the molecule is CCC(CC)C(=O)N(c1cc(C2=CCCCC2)sc1C(=O)O)C1CCN(C=O)CC1. The van der Waals surface area contributed by atoms with Crippen LogP contribution < -0.4 is 4.90 Å². The van der Waals surface area contributed by atoms with E-state index in [2.05, 4.69) is 6.08 Å². The van der Waals surface area contributed by atoms with Crippen LogP contribution in [0.25, 0.3) is 5.57 Å². The number of piperidine rings is 1. The molecule has 3 rings (SSSR count). The molecule has 0 radical (unpaired) electrons. The minimum atomic E-state index is -0.981. The van der Waals surface area contributed by atoms with Gasteiger partial charge in [0.2, 0.25) is 12.3 Å². The largest absolute Gasteiger partial charge is 0.477 e. The highest BCUT2D eigenvalue weighted by Crippen LogP contribution is 2.40. The molecule has 0 aromatic carbocycles. The maximum Gasteiger partial charge on any atom is 0.348 e. The van der Waals surface area contributed by atoms with Gasteiger partial charge in [-0.15, -0.1) is 11.3 Å². The number of allylic oxidation sites excluding steroid dienone is 2. The summed E-state index contributed by atoms with van der Waals surface area (Å²) in [5.41, 5.74) is 1.74. The zero-order valence-electron chi connectivity index (χ0n) is 17.9. The Hall–Kier alpha value is -2.15. The van der Waals surface area contributed by atoms with Crippen molar-refractivity contribution in [1.29, 1.82) is 0 Å². The minimum absolute atomic E-state index is 0.00836. The number of anilines is 1. The fraction of sp³-hybridized carbons (Fsp3) is 0.609. The Labute approximate surface area is 182 Å². The van der Waals surface area contributed by atoms with E-state index in [1.807, 2.05) is 19.9 Å². The molecule has 0 bridgehead atoms. The van der Waals surface area contributed by atoms with Crippen molar-refractivity contribution in [3.05, 3.63) is 21.9 Å². The molecule has 1 N–H and O–H groups in total. The average molecular weight is 433 g/mol. The van der Waals surface area contributed by atoms with Gasteiger partial charge in [0.25, 0.3) is 0 Å². The predicted molar refractivity (Wildman–Crippen MR) is 120 cm³/mol. The normalized spacial score (nSPS) is 17.7. The van der Waals surface area contributed by atoms with E-state index in [4.69, 9.17) is 0 Å². The van der Waals surface area contributed by atoms with Gasteiger partial charge in [-0.1, -0.05) is 19.9 Å². The molecule has 6 nitrogen and oxygen atoms in total. The first-order valence-corrected chi connectivity index (χ1v) is 11.9. The summed E-state index contributed by atoms with van der Waals surface area (Å²) in [5, 5.41) is 9.94. The van der Waals surface area contributed by atoms with Crippen molar-refractivity contribution in [3.8, 4) is 0 Å². The fourth-order valence-electron chi connectivity index (χ4n) is 4.51. The lowest BCUT2D eigenvalue weighted by molar-refractivity contribution is -0.123. The third-order valence-corrected chi connectivity index (χ3v) is 7.55. The van der Waals surface area contributed by atoms with Gasteiger partial charge in [0.15, 0.2) is 0 Å². The van der Waals surface area contributed by atoms with Gasteiger partial charge in [0.1, 0.15) is 4.88 Å². The fourth-order valence-corrected chi connectivity index (χ4v) is 5.57. The molecule has 0 atom stereocenters. The van der Waals surface area contributed by atoms with Crippen LogP contribution in [0.1, 0.15) is 79.8 Å². The van der Waals surface area contributed by atoms with E-state index in [-0.39, 0.29) is 22.7 Å².